The number of benzene rings is 2. The molecule has 2 aliphatic rings. The fraction of sp³-hybridized carbons (Fsp3) is 0.308. The summed E-state index contributed by atoms with van der Waals surface area (Å²) in [5.41, 5.74) is 3.36. The highest BCUT2D eigenvalue weighted by atomic mass is 32.2. The molecule has 176 valence electrons. The van der Waals surface area contributed by atoms with E-state index in [0.29, 0.717) is 38.3 Å². The van der Waals surface area contributed by atoms with Crippen molar-refractivity contribution in [2.75, 3.05) is 23.3 Å². The van der Waals surface area contributed by atoms with Gasteiger partial charge in [0.1, 0.15) is 10.9 Å². The van der Waals surface area contributed by atoms with Gasteiger partial charge in [0, 0.05) is 17.8 Å². The second-order valence-corrected chi connectivity index (χ2v) is 10.1. The highest BCUT2D eigenvalue weighted by Crippen LogP contribution is 2.44. The van der Waals surface area contributed by atoms with Gasteiger partial charge in [0.2, 0.25) is 5.91 Å². The number of nitrogens with zero attached hydrogens (tertiary/aromatic N) is 2. The lowest BCUT2D eigenvalue weighted by atomic mass is 10.1. The predicted octanol–water partition coefficient (Wildman–Crippen LogP) is 5.13. The lowest BCUT2D eigenvalue weighted by Gasteiger charge is -2.17. The zero-order valence-corrected chi connectivity index (χ0v) is 20.9. The topological polar surface area (TPSA) is 69.7 Å². The molecule has 1 fully saturated rings. The summed E-state index contributed by atoms with van der Waals surface area (Å²) in [5.74, 6) is -0.890. The minimum atomic E-state index is -0.355. The van der Waals surface area contributed by atoms with Gasteiger partial charge < -0.3 is 5.32 Å². The number of carbonyl (C=O) groups is 3. The van der Waals surface area contributed by atoms with Crippen molar-refractivity contribution in [1.29, 1.82) is 0 Å². The average Bonchev–Trinajstić information content (AvgIpc) is 3.25. The summed E-state index contributed by atoms with van der Waals surface area (Å²) in [7, 11) is 0. The van der Waals surface area contributed by atoms with Crippen LogP contribution < -0.4 is 10.2 Å². The standard InChI is InChI=1S/C26H27N3O3S2/c1-3-4-5-8-15-28-25(32)23(34-26(28)33)22-19-9-6-7-10-20(19)29(24(22)31)16-21(30)27-18-13-11-17(2)12-14-18/h6-7,9-14H,3-5,8,15-16H2,1-2H3,(H,27,30)/b23-22-. The molecule has 0 aromatic heterocycles. The summed E-state index contributed by atoms with van der Waals surface area (Å²) >= 11 is 6.65. The van der Waals surface area contributed by atoms with Crippen LogP contribution in [-0.4, -0.2) is 40.0 Å². The largest absolute Gasteiger partial charge is 0.325 e. The van der Waals surface area contributed by atoms with Crippen LogP contribution >= 0.6 is 24.0 Å². The van der Waals surface area contributed by atoms with Crippen molar-refractivity contribution in [2.24, 2.45) is 0 Å². The fourth-order valence-corrected chi connectivity index (χ4v) is 5.46. The number of aryl methyl sites for hydroxylation is 1. The SMILES string of the molecule is CCCCCCN1C(=O)/C(=C2/C(=O)N(CC(=O)Nc3ccc(C)cc3)c3ccccc32)SC1=S. The van der Waals surface area contributed by atoms with Crippen LogP contribution in [0.1, 0.15) is 43.7 Å². The molecule has 2 aromatic carbocycles. The average molecular weight is 494 g/mol. The minimum absolute atomic E-state index is 0.148. The Labute approximate surface area is 209 Å². The number of hydrogen-bond acceptors (Lipinski definition) is 5. The van der Waals surface area contributed by atoms with Gasteiger partial charge in [0.25, 0.3) is 11.8 Å². The molecule has 0 saturated carbocycles. The van der Waals surface area contributed by atoms with Crippen molar-refractivity contribution in [3.8, 4) is 0 Å². The van der Waals surface area contributed by atoms with Crippen molar-refractivity contribution in [3.05, 3.63) is 64.6 Å². The van der Waals surface area contributed by atoms with Gasteiger partial charge in [-0.25, -0.2) is 0 Å². The van der Waals surface area contributed by atoms with Crippen LogP contribution in [0.2, 0.25) is 0 Å². The van der Waals surface area contributed by atoms with Crippen LogP contribution in [0.3, 0.4) is 0 Å². The van der Waals surface area contributed by atoms with E-state index in [2.05, 4.69) is 12.2 Å². The molecule has 0 radical (unpaired) electrons. The highest BCUT2D eigenvalue weighted by Gasteiger charge is 2.42. The maximum absolute atomic E-state index is 13.5. The first-order valence-electron chi connectivity index (χ1n) is 11.5. The third-order valence-electron chi connectivity index (χ3n) is 5.87. The predicted molar refractivity (Wildman–Crippen MR) is 142 cm³/mol. The van der Waals surface area contributed by atoms with Crippen LogP contribution in [0.5, 0.6) is 0 Å². The van der Waals surface area contributed by atoms with Gasteiger partial charge in [-0.1, -0.05) is 86.1 Å². The number of fused-ring (bicyclic) bond motifs is 1. The zero-order valence-electron chi connectivity index (χ0n) is 19.3. The number of anilines is 2. The maximum Gasteiger partial charge on any atom is 0.267 e. The number of carbonyl (C=O) groups excluding carboxylic acids is 3. The van der Waals surface area contributed by atoms with E-state index in [-0.39, 0.29) is 24.3 Å². The van der Waals surface area contributed by atoms with Crippen molar-refractivity contribution in [1.82, 2.24) is 4.90 Å². The van der Waals surface area contributed by atoms with E-state index in [1.807, 2.05) is 49.4 Å². The molecule has 3 amide bonds. The van der Waals surface area contributed by atoms with E-state index in [1.165, 1.54) is 16.7 Å². The maximum atomic E-state index is 13.5. The van der Waals surface area contributed by atoms with Gasteiger partial charge in [-0.2, -0.15) is 0 Å². The molecule has 0 aliphatic carbocycles. The van der Waals surface area contributed by atoms with Crippen molar-refractivity contribution < 1.29 is 14.4 Å². The summed E-state index contributed by atoms with van der Waals surface area (Å²) < 4.78 is 0.477. The van der Waals surface area contributed by atoms with E-state index in [1.54, 1.807) is 11.0 Å². The fourth-order valence-electron chi connectivity index (χ4n) is 4.08. The second kappa shape index (κ2) is 10.5. The molecule has 4 rings (SSSR count). The molecule has 0 unspecified atom stereocenters. The van der Waals surface area contributed by atoms with E-state index in [0.717, 1.165) is 31.2 Å². The molecule has 1 N–H and O–H groups in total. The summed E-state index contributed by atoms with van der Waals surface area (Å²) in [4.78, 5) is 42.9. The lowest BCUT2D eigenvalue weighted by molar-refractivity contribution is -0.122. The third-order valence-corrected chi connectivity index (χ3v) is 7.32. The Bertz CT molecular complexity index is 1170. The number of unbranched alkanes of at least 4 members (excludes halogenated alkanes) is 3. The third kappa shape index (κ3) is 4.93. The van der Waals surface area contributed by atoms with Gasteiger partial charge in [-0.15, -0.1) is 0 Å². The first-order valence-corrected chi connectivity index (χ1v) is 12.7. The molecule has 0 bridgehead atoms. The number of thiocarbonyl (C=S) groups is 1. The van der Waals surface area contributed by atoms with Crippen molar-refractivity contribution in [2.45, 2.75) is 39.5 Å². The van der Waals surface area contributed by atoms with Crippen molar-refractivity contribution >= 4 is 63.0 Å². The molecule has 6 nitrogen and oxygen atoms in total. The quantitative estimate of drug-likeness (QED) is 0.314. The van der Waals surface area contributed by atoms with Gasteiger partial charge in [0.05, 0.1) is 16.2 Å². The first kappa shape index (κ1) is 24.2. The molecule has 2 aromatic rings. The summed E-state index contributed by atoms with van der Waals surface area (Å²) in [6.45, 7) is 4.52. The number of thioether (sulfide) groups is 1. The van der Waals surface area contributed by atoms with Gasteiger partial charge >= 0.3 is 0 Å². The Morgan fingerprint density at radius 1 is 0.971 bits per heavy atom. The number of para-hydroxylation sites is 1. The monoisotopic (exact) mass is 493 g/mol. The Kier molecular flexibility index (Phi) is 7.48. The molecule has 2 heterocycles. The Morgan fingerprint density at radius 3 is 2.44 bits per heavy atom. The molecule has 8 heteroatoms. The van der Waals surface area contributed by atoms with Crippen LogP contribution in [0.25, 0.3) is 5.57 Å². The zero-order chi connectivity index (χ0) is 24.2. The smallest absolute Gasteiger partial charge is 0.267 e. The normalized spacial score (nSPS) is 17.5. The van der Waals surface area contributed by atoms with Gasteiger partial charge in [-0.3, -0.25) is 24.2 Å². The van der Waals surface area contributed by atoms with Gasteiger partial charge in [0.15, 0.2) is 0 Å². The number of amides is 3. The molecule has 34 heavy (non-hydrogen) atoms. The van der Waals surface area contributed by atoms with E-state index >= 15 is 0 Å². The molecular formula is C26H27N3O3S2. The van der Waals surface area contributed by atoms with E-state index < -0.39 is 0 Å². The van der Waals surface area contributed by atoms with Crippen LogP contribution in [-0.2, 0) is 14.4 Å². The van der Waals surface area contributed by atoms with Crippen LogP contribution in [0, 0.1) is 6.92 Å². The molecule has 0 spiro atoms. The summed E-state index contributed by atoms with van der Waals surface area (Å²) in [6.07, 6.45) is 4.13. The second-order valence-electron chi connectivity index (χ2n) is 8.41. The molecule has 2 aliphatic heterocycles. The van der Waals surface area contributed by atoms with E-state index in [9.17, 15) is 14.4 Å². The minimum Gasteiger partial charge on any atom is -0.325 e. The van der Waals surface area contributed by atoms with Crippen LogP contribution in [0.15, 0.2) is 53.4 Å². The Morgan fingerprint density at radius 2 is 1.71 bits per heavy atom. The summed E-state index contributed by atoms with van der Waals surface area (Å²) in [5, 5.41) is 2.84. The number of nitrogens with one attached hydrogen (secondary N) is 1. The molecule has 0 atom stereocenters. The van der Waals surface area contributed by atoms with E-state index in [4.69, 9.17) is 12.2 Å². The van der Waals surface area contributed by atoms with Crippen molar-refractivity contribution in [3.63, 3.8) is 0 Å². The summed E-state index contributed by atoms with van der Waals surface area (Å²) in [6, 6.07) is 14.7. The molecular weight excluding hydrogens is 466 g/mol. The van der Waals surface area contributed by atoms with Gasteiger partial charge in [-0.05, 0) is 31.5 Å². The molecule has 1 saturated heterocycles. The number of rotatable bonds is 8. The highest BCUT2D eigenvalue weighted by molar-refractivity contribution is 8.26. The Hall–Kier alpha value is -2.97. The Balaban J connectivity index is 1.57. The lowest BCUT2D eigenvalue weighted by Crippen LogP contribution is -2.35. The van der Waals surface area contributed by atoms with Crippen LogP contribution in [0.4, 0.5) is 11.4 Å². The number of hydrogen-bond donors (Lipinski definition) is 1. The first-order chi connectivity index (χ1) is 16.4.